The molecule has 2 atom stereocenters. The number of nitrogens with one attached hydrogen (secondary N) is 1. The fraction of sp³-hybridized carbons (Fsp3) is 0.875. The van der Waals surface area contributed by atoms with Gasteiger partial charge in [-0.25, -0.2) is 9.67 Å². The molecule has 0 aliphatic heterocycles. The summed E-state index contributed by atoms with van der Waals surface area (Å²) < 4.78 is 2.11. The molecule has 2 rings (SSSR count). The largest absolute Gasteiger partial charge is 0.316 e. The van der Waals surface area contributed by atoms with E-state index in [0.29, 0.717) is 5.92 Å². The molecule has 1 aliphatic rings. The number of rotatable bonds is 8. The SMILES string of the molecule is CCCNCC1CCCC1Cc1ncnn1CC(C)C. The molecule has 4 nitrogen and oxygen atoms in total. The minimum atomic E-state index is 0.626. The first-order valence-corrected chi connectivity index (χ1v) is 8.28. The van der Waals surface area contributed by atoms with Gasteiger partial charge in [-0.05, 0) is 50.1 Å². The van der Waals surface area contributed by atoms with Crippen LogP contribution in [0.2, 0.25) is 0 Å². The fourth-order valence-corrected chi connectivity index (χ4v) is 3.29. The molecule has 0 saturated heterocycles. The summed E-state index contributed by atoms with van der Waals surface area (Å²) >= 11 is 0. The first-order chi connectivity index (χ1) is 9.70. The number of hydrogen-bond acceptors (Lipinski definition) is 3. The summed E-state index contributed by atoms with van der Waals surface area (Å²) in [5.74, 6) is 3.42. The molecule has 1 aromatic heterocycles. The summed E-state index contributed by atoms with van der Waals surface area (Å²) in [6, 6.07) is 0. The highest BCUT2D eigenvalue weighted by atomic mass is 15.3. The van der Waals surface area contributed by atoms with Gasteiger partial charge in [-0.1, -0.05) is 27.2 Å². The van der Waals surface area contributed by atoms with Crippen LogP contribution in [0.5, 0.6) is 0 Å². The molecule has 0 amide bonds. The Kier molecular flexibility index (Phi) is 6.02. The van der Waals surface area contributed by atoms with Crippen LogP contribution in [0, 0.1) is 17.8 Å². The van der Waals surface area contributed by atoms with Gasteiger partial charge in [-0.2, -0.15) is 5.10 Å². The van der Waals surface area contributed by atoms with Gasteiger partial charge in [0.2, 0.25) is 0 Å². The van der Waals surface area contributed by atoms with Crippen LogP contribution in [0.4, 0.5) is 0 Å². The van der Waals surface area contributed by atoms with Crippen molar-refractivity contribution in [3.8, 4) is 0 Å². The van der Waals surface area contributed by atoms with E-state index in [1.807, 2.05) is 0 Å². The smallest absolute Gasteiger partial charge is 0.138 e. The average molecular weight is 278 g/mol. The third kappa shape index (κ3) is 4.30. The van der Waals surface area contributed by atoms with Gasteiger partial charge >= 0.3 is 0 Å². The van der Waals surface area contributed by atoms with Crippen molar-refractivity contribution in [1.82, 2.24) is 20.1 Å². The first-order valence-electron chi connectivity index (χ1n) is 8.28. The molecule has 0 bridgehead atoms. The van der Waals surface area contributed by atoms with Gasteiger partial charge < -0.3 is 5.32 Å². The van der Waals surface area contributed by atoms with E-state index in [1.54, 1.807) is 6.33 Å². The lowest BCUT2D eigenvalue weighted by molar-refractivity contribution is 0.349. The predicted octanol–water partition coefficient (Wildman–Crippen LogP) is 2.89. The molecular weight excluding hydrogens is 248 g/mol. The van der Waals surface area contributed by atoms with E-state index in [-0.39, 0.29) is 0 Å². The Morgan fingerprint density at radius 2 is 2.15 bits per heavy atom. The van der Waals surface area contributed by atoms with E-state index in [2.05, 4.69) is 40.9 Å². The number of hydrogen-bond donors (Lipinski definition) is 1. The highest BCUT2D eigenvalue weighted by molar-refractivity contribution is 4.92. The summed E-state index contributed by atoms with van der Waals surface area (Å²) in [5, 5.41) is 7.98. The number of nitrogens with zero attached hydrogens (tertiary/aromatic N) is 3. The molecule has 2 unspecified atom stereocenters. The molecule has 20 heavy (non-hydrogen) atoms. The van der Waals surface area contributed by atoms with Gasteiger partial charge in [0.1, 0.15) is 12.2 Å². The second-order valence-corrected chi connectivity index (χ2v) is 6.61. The summed E-state index contributed by atoms with van der Waals surface area (Å²) in [5.41, 5.74) is 0. The van der Waals surface area contributed by atoms with Crippen molar-refractivity contribution in [2.45, 2.75) is 59.4 Å². The quantitative estimate of drug-likeness (QED) is 0.744. The molecule has 1 aromatic rings. The zero-order valence-electron chi connectivity index (χ0n) is 13.3. The van der Waals surface area contributed by atoms with E-state index in [9.17, 15) is 0 Å². The van der Waals surface area contributed by atoms with Gasteiger partial charge in [-0.15, -0.1) is 0 Å². The lowest BCUT2D eigenvalue weighted by Crippen LogP contribution is -2.27. The van der Waals surface area contributed by atoms with Crippen molar-refractivity contribution in [1.29, 1.82) is 0 Å². The Bertz CT molecular complexity index is 386. The van der Waals surface area contributed by atoms with Gasteiger partial charge in [0.05, 0.1) is 0 Å². The lowest BCUT2D eigenvalue weighted by atomic mass is 9.92. The summed E-state index contributed by atoms with van der Waals surface area (Å²) in [7, 11) is 0. The second kappa shape index (κ2) is 7.77. The van der Waals surface area contributed by atoms with Crippen LogP contribution in [0.15, 0.2) is 6.33 Å². The number of aromatic nitrogens is 3. The summed E-state index contributed by atoms with van der Waals surface area (Å²) in [4.78, 5) is 4.50. The predicted molar refractivity (Wildman–Crippen MR) is 82.6 cm³/mol. The zero-order chi connectivity index (χ0) is 14.4. The maximum atomic E-state index is 4.50. The van der Waals surface area contributed by atoms with Crippen LogP contribution in [0.25, 0.3) is 0 Å². The molecule has 1 heterocycles. The van der Waals surface area contributed by atoms with Crippen LogP contribution in [-0.4, -0.2) is 27.9 Å². The van der Waals surface area contributed by atoms with Crippen LogP contribution >= 0.6 is 0 Å². The Labute approximate surface area is 123 Å². The van der Waals surface area contributed by atoms with Crippen LogP contribution in [0.1, 0.15) is 52.3 Å². The molecule has 1 saturated carbocycles. The van der Waals surface area contributed by atoms with Crippen molar-refractivity contribution in [2.75, 3.05) is 13.1 Å². The normalized spacial score (nSPS) is 22.8. The lowest BCUT2D eigenvalue weighted by Gasteiger charge is -2.20. The van der Waals surface area contributed by atoms with Gasteiger partial charge in [-0.3, -0.25) is 0 Å². The monoisotopic (exact) mass is 278 g/mol. The van der Waals surface area contributed by atoms with E-state index in [0.717, 1.165) is 31.3 Å². The highest BCUT2D eigenvalue weighted by Gasteiger charge is 2.28. The Balaban J connectivity index is 1.89. The van der Waals surface area contributed by atoms with Crippen molar-refractivity contribution in [3.05, 3.63) is 12.2 Å². The van der Waals surface area contributed by atoms with Gasteiger partial charge in [0, 0.05) is 13.0 Å². The van der Waals surface area contributed by atoms with E-state index >= 15 is 0 Å². The van der Waals surface area contributed by atoms with E-state index in [1.165, 1.54) is 38.1 Å². The summed E-state index contributed by atoms with van der Waals surface area (Å²) in [6.45, 7) is 10.0. The van der Waals surface area contributed by atoms with Crippen molar-refractivity contribution < 1.29 is 0 Å². The standard InChI is InChI=1S/C16H30N4/c1-4-8-17-10-15-7-5-6-14(15)9-16-18-12-19-20(16)11-13(2)3/h12-15,17H,4-11H2,1-3H3. The van der Waals surface area contributed by atoms with E-state index < -0.39 is 0 Å². The maximum absolute atomic E-state index is 4.50. The molecule has 0 spiro atoms. The van der Waals surface area contributed by atoms with Crippen LogP contribution in [0.3, 0.4) is 0 Å². The van der Waals surface area contributed by atoms with Gasteiger partial charge in [0.15, 0.2) is 0 Å². The molecule has 1 aliphatic carbocycles. The molecule has 4 heteroatoms. The third-order valence-corrected chi connectivity index (χ3v) is 4.33. The molecule has 1 N–H and O–H groups in total. The summed E-state index contributed by atoms with van der Waals surface area (Å²) in [6.07, 6.45) is 8.15. The zero-order valence-corrected chi connectivity index (χ0v) is 13.3. The molecular formula is C16H30N4. The van der Waals surface area contributed by atoms with Crippen LogP contribution in [-0.2, 0) is 13.0 Å². The maximum Gasteiger partial charge on any atom is 0.138 e. The minimum Gasteiger partial charge on any atom is -0.316 e. The Morgan fingerprint density at radius 3 is 2.90 bits per heavy atom. The van der Waals surface area contributed by atoms with Crippen molar-refractivity contribution >= 4 is 0 Å². The Morgan fingerprint density at radius 1 is 1.35 bits per heavy atom. The highest BCUT2D eigenvalue weighted by Crippen LogP contribution is 2.33. The van der Waals surface area contributed by atoms with Crippen molar-refractivity contribution in [3.63, 3.8) is 0 Å². The first kappa shape index (κ1) is 15.5. The molecule has 0 aromatic carbocycles. The third-order valence-electron chi connectivity index (χ3n) is 4.33. The van der Waals surface area contributed by atoms with E-state index in [4.69, 9.17) is 0 Å². The average Bonchev–Trinajstić information content (AvgIpc) is 3.01. The molecule has 0 radical (unpaired) electrons. The fourth-order valence-electron chi connectivity index (χ4n) is 3.29. The van der Waals surface area contributed by atoms with Gasteiger partial charge in [0.25, 0.3) is 0 Å². The minimum absolute atomic E-state index is 0.626. The topological polar surface area (TPSA) is 42.7 Å². The second-order valence-electron chi connectivity index (χ2n) is 6.61. The Hall–Kier alpha value is -0.900. The molecule has 1 fully saturated rings. The van der Waals surface area contributed by atoms with Crippen molar-refractivity contribution in [2.24, 2.45) is 17.8 Å². The molecule has 114 valence electrons. The van der Waals surface area contributed by atoms with Crippen LogP contribution < -0.4 is 5.32 Å².